The van der Waals surface area contributed by atoms with Crippen LogP contribution >= 0.6 is 0 Å². The van der Waals surface area contributed by atoms with E-state index in [4.69, 9.17) is 5.11 Å². The lowest BCUT2D eigenvalue weighted by Gasteiger charge is -2.43. The van der Waals surface area contributed by atoms with Crippen molar-refractivity contribution in [2.24, 2.45) is 0 Å². The number of benzene rings is 1. The normalized spacial score (nSPS) is 20.6. The summed E-state index contributed by atoms with van der Waals surface area (Å²) in [6.07, 6.45) is -0.255. The van der Waals surface area contributed by atoms with E-state index in [1.807, 2.05) is 12.1 Å². The fourth-order valence-corrected chi connectivity index (χ4v) is 7.48. The molecule has 2 aromatic rings. The third kappa shape index (κ3) is 7.33. The summed E-state index contributed by atoms with van der Waals surface area (Å²) in [4.78, 5) is 23.5. The smallest absolute Gasteiger partial charge is 0.417 e. The minimum atomic E-state index is -4.48. The molecule has 0 saturated carbocycles. The summed E-state index contributed by atoms with van der Waals surface area (Å²) in [5, 5.41) is 9.10. The second kappa shape index (κ2) is 12.7. The van der Waals surface area contributed by atoms with Crippen molar-refractivity contribution in [3.05, 3.63) is 53.9 Å². The molecule has 10 nitrogen and oxygen atoms in total. The molecule has 3 aliphatic rings. The van der Waals surface area contributed by atoms with E-state index in [1.165, 1.54) is 10.5 Å². The number of rotatable bonds is 8. The van der Waals surface area contributed by atoms with Gasteiger partial charge < -0.3 is 14.9 Å². The maximum Gasteiger partial charge on any atom is 0.417 e. The van der Waals surface area contributed by atoms with Crippen molar-refractivity contribution in [2.75, 3.05) is 87.5 Å². The summed E-state index contributed by atoms with van der Waals surface area (Å²) in [6, 6.07) is 8.55. The van der Waals surface area contributed by atoms with Gasteiger partial charge in [0.1, 0.15) is 0 Å². The molecule has 0 atom stereocenters. The van der Waals surface area contributed by atoms with Gasteiger partial charge in [-0.3, -0.25) is 14.8 Å². The van der Waals surface area contributed by atoms with Crippen molar-refractivity contribution in [3.63, 3.8) is 0 Å². The number of piperidine rings is 1. The van der Waals surface area contributed by atoms with Crippen LogP contribution in [0.15, 0.2) is 42.7 Å². The fraction of sp³-hybridized carbons (Fsp3) is 0.571. The van der Waals surface area contributed by atoms with E-state index in [-0.39, 0.29) is 24.4 Å². The van der Waals surface area contributed by atoms with Crippen LogP contribution in [0.5, 0.6) is 0 Å². The van der Waals surface area contributed by atoms with Gasteiger partial charge in [0.15, 0.2) is 0 Å². The van der Waals surface area contributed by atoms with Crippen molar-refractivity contribution in [1.29, 1.82) is 0 Å². The van der Waals surface area contributed by atoms with Crippen molar-refractivity contribution in [2.45, 2.75) is 25.1 Å². The summed E-state index contributed by atoms with van der Waals surface area (Å²) in [5.74, 6) is -0.901. The predicted octanol–water partition coefficient (Wildman–Crippen LogP) is 2.54. The molecule has 14 heteroatoms. The minimum absolute atomic E-state index is 0.0250. The molecule has 230 valence electrons. The van der Waals surface area contributed by atoms with E-state index < -0.39 is 27.7 Å². The van der Waals surface area contributed by atoms with Gasteiger partial charge in [0.25, 0.3) is 0 Å². The van der Waals surface area contributed by atoms with Crippen LogP contribution in [-0.2, 0) is 16.2 Å². The molecular formula is C28H37F3N6O4S. The molecule has 42 heavy (non-hydrogen) atoms. The maximum absolute atomic E-state index is 13.0. The standard InChI is InChI=1S/C28H37F3N6O4S/c29-28(30,31)23-19-26(21-32-20-23)36-13-15-37(16-14-36)42(40,41)18-17-33-9-11-35(12-10-33)25-5-7-34(8-6-25)24-3-1-22(2-4-24)27(38)39/h1-4,19-21,25H,5-18H2,(H,38,39). The third-order valence-corrected chi connectivity index (χ3v) is 10.4. The molecule has 0 unspecified atom stereocenters. The number of hydrogen-bond acceptors (Lipinski definition) is 8. The molecular weight excluding hydrogens is 573 g/mol. The Morgan fingerprint density at radius 3 is 2.07 bits per heavy atom. The molecule has 1 aromatic carbocycles. The molecule has 0 aliphatic carbocycles. The summed E-state index contributed by atoms with van der Waals surface area (Å²) < 4.78 is 66.7. The Balaban J connectivity index is 1.03. The number of carbonyl (C=O) groups is 1. The zero-order chi connectivity index (χ0) is 29.9. The first-order valence-electron chi connectivity index (χ1n) is 14.3. The lowest BCUT2D eigenvalue weighted by Crippen LogP contribution is -2.54. The predicted molar refractivity (Wildman–Crippen MR) is 153 cm³/mol. The van der Waals surface area contributed by atoms with E-state index in [9.17, 15) is 26.4 Å². The topological polar surface area (TPSA) is 101 Å². The number of hydrogen-bond donors (Lipinski definition) is 1. The van der Waals surface area contributed by atoms with Crippen molar-refractivity contribution in [1.82, 2.24) is 19.1 Å². The summed E-state index contributed by atoms with van der Waals surface area (Å²) in [5.41, 5.74) is 0.859. The fourth-order valence-electron chi connectivity index (χ4n) is 6.01. The van der Waals surface area contributed by atoms with Gasteiger partial charge in [0, 0.05) is 89.9 Å². The molecule has 4 heterocycles. The minimum Gasteiger partial charge on any atom is -0.478 e. The molecule has 0 bridgehead atoms. The largest absolute Gasteiger partial charge is 0.478 e. The van der Waals surface area contributed by atoms with E-state index in [0.29, 0.717) is 31.4 Å². The third-order valence-electron chi connectivity index (χ3n) is 8.58. The van der Waals surface area contributed by atoms with Crippen LogP contribution in [0.4, 0.5) is 24.5 Å². The first kappa shape index (κ1) is 30.5. The highest BCUT2D eigenvalue weighted by molar-refractivity contribution is 7.89. The summed E-state index contributed by atoms with van der Waals surface area (Å²) in [7, 11) is -3.48. The SMILES string of the molecule is O=C(O)c1ccc(N2CCC(N3CCN(CCS(=O)(=O)N4CCN(c5cncc(C(F)(F)F)c5)CC4)CC3)CC2)cc1. The van der Waals surface area contributed by atoms with Gasteiger partial charge >= 0.3 is 12.1 Å². The summed E-state index contributed by atoms with van der Waals surface area (Å²) in [6.45, 7) is 6.76. The van der Waals surface area contributed by atoms with E-state index in [0.717, 1.165) is 70.1 Å². The van der Waals surface area contributed by atoms with Crippen molar-refractivity contribution >= 4 is 27.4 Å². The number of nitrogens with zero attached hydrogens (tertiary/aromatic N) is 6. The van der Waals surface area contributed by atoms with Crippen LogP contribution in [-0.4, -0.2) is 122 Å². The monoisotopic (exact) mass is 610 g/mol. The summed E-state index contributed by atoms with van der Waals surface area (Å²) >= 11 is 0. The Bertz CT molecular complexity index is 1320. The first-order chi connectivity index (χ1) is 20.0. The number of piperazine rings is 2. The Morgan fingerprint density at radius 2 is 1.48 bits per heavy atom. The molecule has 5 rings (SSSR count). The highest BCUT2D eigenvalue weighted by Gasteiger charge is 2.33. The first-order valence-corrected chi connectivity index (χ1v) is 15.9. The second-order valence-corrected chi connectivity index (χ2v) is 13.2. The molecule has 0 radical (unpaired) electrons. The quantitative estimate of drug-likeness (QED) is 0.484. The number of alkyl halides is 3. The van der Waals surface area contributed by atoms with Crippen LogP contribution in [0, 0.1) is 0 Å². The van der Waals surface area contributed by atoms with Crippen LogP contribution in [0.3, 0.4) is 0 Å². The molecule has 1 aromatic heterocycles. The van der Waals surface area contributed by atoms with E-state index >= 15 is 0 Å². The average molecular weight is 611 g/mol. The number of aromatic carboxylic acids is 1. The van der Waals surface area contributed by atoms with Gasteiger partial charge in [-0.25, -0.2) is 13.2 Å². The number of sulfonamides is 1. The molecule has 3 saturated heterocycles. The second-order valence-electron chi connectivity index (χ2n) is 11.1. The zero-order valence-corrected chi connectivity index (χ0v) is 24.2. The Hall–Kier alpha value is -2.94. The number of aromatic nitrogens is 1. The number of halogens is 3. The van der Waals surface area contributed by atoms with E-state index in [1.54, 1.807) is 17.0 Å². The Labute approximate surface area is 244 Å². The lowest BCUT2D eigenvalue weighted by atomic mass is 10.0. The van der Waals surface area contributed by atoms with Crippen LogP contribution in [0.2, 0.25) is 0 Å². The highest BCUT2D eigenvalue weighted by atomic mass is 32.2. The number of anilines is 2. The molecule has 3 fully saturated rings. The maximum atomic E-state index is 13.0. The molecule has 0 spiro atoms. The lowest BCUT2D eigenvalue weighted by molar-refractivity contribution is -0.137. The molecule has 1 N–H and O–H groups in total. The Kier molecular flexibility index (Phi) is 9.26. The van der Waals surface area contributed by atoms with Gasteiger partial charge in [-0.15, -0.1) is 0 Å². The zero-order valence-electron chi connectivity index (χ0n) is 23.4. The van der Waals surface area contributed by atoms with E-state index in [2.05, 4.69) is 19.7 Å². The van der Waals surface area contributed by atoms with Crippen molar-refractivity contribution in [3.8, 4) is 0 Å². The molecule has 0 amide bonds. The van der Waals surface area contributed by atoms with Gasteiger partial charge in [-0.1, -0.05) is 0 Å². The van der Waals surface area contributed by atoms with Crippen LogP contribution in [0.1, 0.15) is 28.8 Å². The number of pyridine rings is 1. The Morgan fingerprint density at radius 1 is 0.857 bits per heavy atom. The number of carboxylic acids is 1. The van der Waals surface area contributed by atoms with Gasteiger partial charge in [0.05, 0.1) is 28.8 Å². The molecule has 3 aliphatic heterocycles. The van der Waals surface area contributed by atoms with Gasteiger partial charge in [-0.2, -0.15) is 17.5 Å². The van der Waals surface area contributed by atoms with Gasteiger partial charge in [-0.05, 0) is 43.2 Å². The highest BCUT2D eigenvalue weighted by Crippen LogP contribution is 2.31. The van der Waals surface area contributed by atoms with Gasteiger partial charge in [0.2, 0.25) is 10.0 Å². The number of carboxylic acid groups (broad SMARTS) is 1. The average Bonchev–Trinajstić information content (AvgIpc) is 3.00. The van der Waals surface area contributed by atoms with Crippen LogP contribution < -0.4 is 9.80 Å². The van der Waals surface area contributed by atoms with Crippen molar-refractivity contribution < 1.29 is 31.5 Å². The van der Waals surface area contributed by atoms with Crippen LogP contribution in [0.25, 0.3) is 0 Å².